The molecule has 0 atom stereocenters. The molecule has 0 unspecified atom stereocenters. The predicted octanol–water partition coefficient (Wildman–Crippen LogP) is 4.01. The first-order chi connectivity index (χ1) is 9.18. The molecule has 0 spiro atoms. The van der Waals surface area contributed by atoms with E-state index in [0.717, 1.165) is 5.56 Å². The van der Waals surface area contributed by atoms with Gasteiger partial charge in [-0.2, -0.15) is 0 Å². The molecule has 0 aliphatic heterocycles. The molecule has 0 aliphatic carbocycles. The van der Waals surface area contributed by atoms with Crippen molar-refractivity contribution >= 4 is 12.2 Å². The van der Waals surface area contributed by atoms with Crippen LogP contribution in [0.5, 0.6) is 0 Å². The molecular weight excluding hydrogens is 250 g/mol. The van der Waals surface area contributed by atoms with Crippen molar-refractivity contribution in [1.29, 1.82) is 0 Å². The van der Waals surface area contributed by atoms with Crippen LogP contribution in [0.15, 0.2) is 35.3 Å². The van der Waals surface area contributed by atoms with Crippen LogP contribution >= 0.6 is 0 Å². The zero-order valence-electron chi connectivity index (χ0n) is 13.1. The molecule has 0 fully saturated rings. The molecule has 0 aliphatic rings. The van der Waals surface area contributed by atoms with Crippen molar-refractivity contribution in [2.75, 3.05) is 0 Å². The summed E-state index contributed by atoms with van der Waals surface area (Å²) in [6.45, 7) is 9.68. The Hall–Kier alpha value is -1.64. The van der Waals surface area contributed by atoms with Crippen LogP contribution in [-0.2, 0) is 9.53 Å². The first kappa shape index (κ1) is 16.4. The monoisotopic (exact) mass is 275 g/mol. The van der Waals surface area contributed by atoms with Crippen molar-refractivity contribution in [3.8, 4) is 0 Å². The molecule has 1 aromatic rings. The molecule has 0 saturated carbocycles. The molecule has 20 heavy (non-hydrogen) atoms. The Kier molecular flexibility index (Phi) is 5.49. The number of hydrogen-bond acceptors (Lipinski definition) is 3. The van der Waals surface area contributed by atoms with Gasteiger partial charge >= 0.3 is 5.97 Å². The summed E-state index contributed by atoms with van der Waals surface area (Å²) in [5, 5.41) is 0. The standard InChI is InChI=1S/C17H25NO2/c1-16(2,3)20-15(19)11-12-17(4,5)18-13-14-9-7-6-8-10-14/h6-10,13H,11-12H2,1-5H3. The Morgan fingerprint density at radius 2 is 1.75 bits per heavy atom. The van der Waals surface area contributed by atoms with Gasteiger partial charge in [-0.3, -0.25) is 9.79 Å². The van der Waals surface area contributed by atoms with Crippen molar-refractivity contribution in [1.82, 2.24) is 0 Å². The first-order valence-corrected chi connectivity index (χ1v) is 7.00. The third-order valence-corrected chi connectivity index (χ3v) is 2.72. The lowest BCUT2D eigenvalue weighted by molar-refractivity contribution is -0.155. The maximum absolute atomic E-state index is 11.7. The molecule has 0 aromatic heterocycles. The summed E-state index contributed by atoms with van der Waals surface area (Å²) in [6.07, 6.45) is 2.91. The molecule has 0 radical (unpaired) electrons. The van der Waals surface area contributed by atoms with Crippen LogP contribution in [0, 0.1) is 0 Å². The molecule has 0 amide bonds. The van der Waals surface area contributed by atoms with E-state index in [4.69, 9.17) is 4.74 Å². The van der Waals surface area contributed by atoms with Crippen LogP contribution in [0.25, 0.3) is 0 Å². The summed E-state index contributed by atoms with van der Waals surface area (Å²) in [5.74, 6) is -0.166. The van der Waals surface area contributed by atoms with E-state index >= 15 is 0 Å². The van der Waals surface area contributed by atoms with Gasteiger partial charge in [0.05, 0.1) is 5.54 Å². The Morgan fingerprint density at radius 1 is 1.15 bits per heavy atom. The van der Waals surface area contributed by atoms with Crippen LogP contribution in [0.1, 0.15) is 53.0 Å². The average Bonchev–Trinajstić information content (AvgIpc) is 2.34. The maximum Gasteiger partial charge on any atom is 0.306 e. The van der Waals surface area contributed by atoms with E-state index in [1.807, 2.05) is 71.2 Å². The highest BCUT2D eigenvalue weighted by molar-refractivity contribution is 5.79. The zero-order valence-corrected chi connectivity index (χ0v) is 13.1. The van der Waals surface area contributed by atoms with Crippen LogP contribution in [-0.4, -0.2) is 23.3 Å². The van der Waals surface area contributed by atoms with Gasteiger partial charge in [-0.1, -0.05) is 30.3 Å². The summed E-state index contributed by atoms with van der Waals surface area (Å²) in [6, 6.07) is 9.95. The summed E-state index contributed by atoms with van der Waals surface area (Å²) < 4.78 is 5.31. The summed E-state index contributed by atoms with van der Waals surface area (Å²) >= 11 is 0. The van der Waals surface area contributed by atoms with Gasteiger partial charge in [-0.15, -0.1) is 0 Å². The van der Waals surface area contributed by atoms with Gasteiger partial charge in [-0.25, -0.2) is 0 Å². The Labute approximate surface area is 122 Å². The van der Waals surface area contributed by atoms with E-state index in [1.165, 1.54) is 0 Å². The van der Waals surface area contributed by atoms with Crippen molar-refractivity contribution in [3.05, 3.63) is 35.9 Å². The minimum absolute atomic E-state index is 0.166. The minimum atomic E-state index is -0.422. The highest BCUT2D eigenvalue weighted by Crippen LogP contribution is 2.18. The quantitative estimate of drug-likeness (QED) is 0.601. The second kappa shape index (κ2) is 6.69. The lowest BCUT2D eigenvalue weighted by Crippen LogP contribution is -2.26. The van der Waals surface area contributed by atoms with E-state index in [-0.39, 0.29) is 11.5 Å². The fourth-order valence-corrected chi connectivity index (χ4v) is 1.65. The van der Waals surface area contributed by atoms with Gasteiger partial charge in [-0.05, 0) is 46.6 Å². The lowest BCUT2D eigenvalue weighted by atomic mass is 9.99. The molecule has 0 saturated heterocycles. The largest absolute Gasteiger partial charge is 0.460 e. The number of hydrogen-bond donors (Lipinski definition) is 0. The van der Waals surface area contributed by atoms with Gasteiger partial charge in [0, 0.05) is 12.6 Å². The number of aliphatic imine (C=N–C) groups is 1. The first-order valence-electron chi connectivity index (χ1n) is 7.00. The normalized spacial score (nSPS) is 12.7. The van der Waals surface area contributed by atoms with Crippen molar-refractivity contribution in [2.24, 2.45) is 4.99 Å². The second-order valence-electron chi connectivity index (χ2n) is 6.57. The summed E-state index contributed by atoms with van der Waals surface area (Å²) in [5.41, 5.74) is 0.374. The van der Waals surface area contributed by atoms with E-state index in [0.29, 0.717) is 12.8 Å². The molecule has 3 heteroatoms. The number of ether oxygens (including phenoxy) is 1. The van der Waals surface area contributed by atoms with E-state index in [1.54, 1.807) is 0 Å². The van der Waals surface area contributed by atoms with Gasteiger partial charge in [0.15, 0.2) is 0 Å². The predicted molar refractivity (Wildman–Crippen MR) is 83.2 cm³/mol. The Morgan fingerprint density at radius 3 is 2.30 bits per heavy atom. The summed E-state index contributed by atoms with van der Waals surface area (Å²) in [7, 11) is 0. The number of carbonyl (C=O) groups excluding carboxylic acids is 1. The Bertz CT molecular complexity index is 456. The molecule has 110 valence electrons. The number of esters is 1. The van der Waals surface area contributed by atoms with Crippen molar-refractivity contribution in [3.63, 3.8) is 0 Å². The maximum atomic E-state index is 11.7. The van der Waals surface area contributed by atoms with Crippen LogP contribution < -0.4 is 0 Å². The number of nitrogens with zero attached hydrogens (tertiary/aromatic N) is 1. The third-order valence-electron chi connectivity index (χ3n) is 2.72. The number of benzene rings is 1. The van der Waals surface area contributed by atoms with Crippen molar-refractivity contribution < 1.29 is 9.53 Å². The SMILES string of the molecule is CC(C)(CCC(=O)OC(C)(C)C)N=Cc1ccccc1. The minimum Gasteiger partial charge on any atom is -0.460 e. The fraction of sp³-hybridized carbons (Fsp3) is 0.529. The molecule has 3 nitrogen and oxygen atoms in total. The molecule has 0 N–H and O–H groups in total. The van der Waals surface area contributed by atoms with Gasteiger partial charge in [0.2, 0.25) is 0 Å². The van der Waals surface area contributed by atoms with Crippen molar-refractivity contribution in [2.45, 2.75) is 58.6 Å². The molecule has 0 heterocycles. The van der Waals surface area contributed by atoms with Crippen LogP contribution in [0.4, 0.5) is 0 Å². The lowest BCUT2D eigenvalue weighted by Gasteiger charge is -2.22. The average molecular weight is 275 g/mol. The molecule has 0 bridgehead atoms. The third kappa shape index (κ3) is 7.07. The van der Waals surface area contributed by atoms with Gasteiger partial charge in [0.1, 0.15) is 5.60 Å². The van der Waals surface area contributed by atoms with E-state index in [2.05, 4.69) is 4.99 Å². The van der Waals surface area contributed by atoms with Gasteiger partial charge in [0.25, 0.3) is 0 Å². The highest BCUT2D eigenvalue weighted by atomic mass is 16.6. The van der Waals surface area contributed by atoms with Gasteiger partial charge < -0.3 is 4.74 Å². The van der Waals surface area contributed by atoms with Crippen LogP contribution in [0.3, 0.4) is 0 Å². The molecule has 1 aromatic carbocycles. The second-order valence-corrected chi connectivity index (χ2v) is 6.57. The van der Waals surface area contributed by atoms with Crippen LogP contribution in [0.2, 0.25) is 0 Å². The van der Waals surface area contributed by atoms with E-state index in [9.17, 15) is 4.79 Å². The topological polar surface area (TPSA) is 38.7 Å². The molecular formula is C17H25NO2. The highest BCUT2D eigenvalue weighted by Gasteiger charge is 2.21. The smallest absolute Gasteiger partial charge is 0.306 e. The zero-order chi connectivity index (χ0) is 15.2. The number of rotatable bonds is 5. The number of carbonyl (C=O) groups is 1. The fourth-order valence-electron chi connectivity index (χ4n) is 1.65. The molecule has 1 rings (SSSR count). The Balaban J connectivity index is 2.49. The van der Waals surface area contributed by atoms with E-state index < -0.39 is 5.60 Å². The summed E-state index contributed by atoms with van der Waals surface area (Å²) in [4.78, 5) is 16.3.